The number of anilines is 1. The molecule has 0 spiro atoms. The number of carbonyl (C=O) groups excluding carboxylic acids is 1. The first-order chi connectivity index (χ1) is 18.8. The van der Waals surface area contributed by atoms with Crippen LogP contribution < -0.4 is 10.1 Å². The Kier molecular flexibility index (Phi) is 7.36. The second-order valence-electron chi connectivity index (χ2n) is 10.0. The van der Waals surface area contributed by atoms with Gasteiger partial charge in [-0.3, -0.25) is 14.2 Å². The van der Waals surface area contributed by atoms with Crippen LogP contribution in [0.5, 0.6) is 5.75 Å². The van der Waals surface area contributed by atoms with Crippen molar-refractivity contribution in [2.45, 2.75) is 52.8 Å². The molecule has 0 atom stereocenters. The van der Waals surface area contributed by atoms with E-state index in [4.69, 9.17) is 9.15 Å². The van der Waals surface area contributed by atoms with Gasteiger partial charge >= 0.3 is 0 Å². The van der Waals surface area contributed by atoms with Gasteiger partial charge < -0.3 is 14.5 Å². The van der Waals surface area contributed by atoms with Crippen LogP contribution in [0.1, 0.15) is 59.5 Å². The van der Waals surface area contributed by atoms with E-state index in [0.29, 0.717) is 18.0 Å². The third-order valence-corrected chi connectivity index (χ3v) is 7.07. The quantitative estimate of drug-likeness (QED) is 0.235. The molecule has 0 aliphatic carbocycles. The molecule has 0 saturated carbocycles. The number of aromatic nitrogens is 4. The smallest absolute Gasteiger partial charge is 0.291 e. The Morgan fingerprint density at radius 1 is 0.974 bits per heavy atom. The normalized spacial score (nSPS) is 11.5. The summed E-state index contributed by atoms with van der Waals surface area (Å²) in [6.07, 6.45) is 5.26. The van der Waals surface area contributed by atoms with E-state index in [-0.39, 0.29) is 23.7 Å². The molecule has 8 nitrogen and oxygen atoms in total. The van der Waals surface area contributed by atoms with Crippen molar-refractivity contribution in [1.29, 1.82) is 0 Å². The Hall–Kier alpha value is -4.59. The lowest BCUT2D eigenvalue weighted by Gasteiger charge is -2.26. The van der Waals surface area contributed by atoms with E-state index in [1.54, 1.807) is 29.2 Å². The molecule has 0 unspecified atom stereocenters. The van der Waals surface area contributed by atoms with Gasteiger partial charge in [-0.2, -0.15) is 10.2 Å². The summed E-state index contributed by atoms with van der Waals surface area (Å²) < 4.78 is 15.4. The summed E-state index contributed by atoms with van der Waals surface area (Å²) in [6.45, 7) is 10.1. The van der Waals surface area contributed by atoms with Crippen molar-refractivity contribution >= 4 is 11.6 Å². The molecule has 5 aromatic rings. The maximum absolute atomic E-state index is 12.7. The van der Waals surface area contributed by atoms with Crippen molar-refractivity contribution in [3.63, 3.8) is 0 Å². The number of aryl methyl sites for hydroxylation is 1. The van der Waals surface area contributed by atoms with Gasteiger partial charge in [0.2, 0.25) is 0 Å². The van der Waals surface area contributed by atoms with E-state index in [9.17, 15) is 4.79 Å². The van der Waals surface area contributed by atoms with Gasteiger partial charge in [-0.25, -0.2) is 0 Å². The maximum Gasteiger partial charge on any atom is 0.291 e. The van der Waals surface area contributed by atoms with E-state index in [2.05, 4.69) is 72.7 Å². The van der Waals surface area contributed by atoms with Gasteiger partial charge in [0.15, 0.2) is 5.76 Å². The van der Waals surface area contributed by atoms with Crippen molar-refractivity contribution in [3.05, 3.63) is 119 Å². The molecule has 1 amide bonds. The molecule has 0 fully saturated rings. The Labute approximate surface area is 228 Å². The molecule has 1 N–H and O–H groups in total. The van der Waals surface area contributed by atoms with Crippen molar-refractivity contribution in [1.82, 2.24) is 19.6 Å². The fraction of sp³-hybridized carbons (Fsp3) is 0.258. The Morgan fingerprint density at radius 2 is 1.72 bits per heavy atom. The molecule has 3 aromatic heterocycles. The monoisotopic (exact) mass is 523 g/mol. The second kappa shape index (κ2) is 11.0. The van der Waals surface area contributed by atoms with Gasteiger partial charge in [0.05, 0.1) is 24.6 Å². The molecule has 0 aliphatic rings. The topological polar surface area (TPSA) is 87.1 Å². The van der Waals surface area contributed by atoms with E-state index in [1.165, 1.54) is 11.1 Å². The molecule has 0 saturated heterocycles. The van der Waals surface area contributed by atoms with Gasteiger partial charge in [-0.15, -0.1) is 0 Å². The van der Waals surface area contributed by atoms with Gasteiger partial charge in [0.25, 0.3) is 5.91 Å². The average Bonchev–Trinajstić information content (AvgIpc) is 3.69. The molecule has 8 heteroatoms. The minimum atomic E-state index is -0.344. The molecule has 2 aromatic carbocycles. The number of nitrogens with zero attached hydrogens (tertiary/aromatic N) is 4. The summed E-state index contributed by atoms with van der Waals surface area (Å²) >= 11 is 0. The molecule has 0 aliphatic heterocycles. The molecular weight excluding hydrogens is 490 g/mol. The van der Waals surface area contributed by atoms with Crippen molar-refractivity contribution in [2.24, 2.45) is 0 Å². The highest BCUT2D eigenvalue weighted by molar-refractivity contribution is 6.02. The summed E-state index contributed by atoms with van der Waals surface area (Å²) in [5.74, 6) is 1.16. The van der Waals surface area contributed by atoms with Crippen LogP contribution in [0.3, 0.4) is 0 Å². The minimum Gasteiger partial charge on any atom is -0.486 e. The lowest BCUT2D eigenvalue weighted by molar-refractivity contribution is 0.0992. The first-order valence-electron chi connectivity index (χ1n) is 13.1. The van der Waals surface area contributed by atoms with Gasteiger partial charge in [0, 0.05) is 29.4 Å². The van der Waals surface area contributed by atoms with Crippen LogP contribution >= 0.6 is 0 Å². The molecule has 200 valence electrons. The summed E-state index contributed by atoms with van der Waals surface area (Å²) in [6, 6.07) is 21.9. The molecule has 0 bridgehead atoms. The number of nitrogens with one attached hydrogen (secondary N) is 1. The van der Waals surface area contributed by atoms with E-state index < -0.39 is 0 Å². The second-order valence-corrected chi connectivity index (χ2v) is 10.0. The number of furan rings is 1. The van der Waals surface area contributed by atoms with E-state index >= 15 is 0 Å². The number of benzene rings is 2. The minimum absolute atomic E-state index is 0.114. The lowest BCUT2D eigenvalue weighted by atomic mass is 9.78. The van der Waals surface area contributed by atoms with Crippen LogP contribution in [0.25, 0.3) is 0 Å². The zero-order chi connectivity index (χ0) is 27.4. The summed E-state index contributed by atoms with van der Waals surface area (Å²) in [5.41, 5.74) is 5.13. The van der Waals surface area contributed by atoms with Gasteiger partial charge in [-0.1, -0.05) is 56.3 Å². The molecule has 5 rings (SSSR count). The summed E-state index contributed by atoms with van der Waals surface area (Å²) in [5, 5.41) is 11.6. The number of hydrogen-bond acceptors (Lipinski definition) is 5. The fourth-order valence-electron chi connectivity index (χ4n) is 4.56. The fourth-order valence-corrected chi connectivity index (χ4v) is 4.56. The third-order valence-electron chi connectivity index (χ3n) is 7.07. The molecule has 39 heavy (non-hydrogen) atoms. The predicted octanol–water partition coefficient (Wildman–Crippen LogP) is 6.21. The third kappa shape index (κ3) is 5.80. The first-order valence-corrected chi connectivity index (χ1v) is 13.1. The van der Waals surface area contributed by atoms with Crippen molar-refractivity contribution in [3.8, 4) is 5.75 Å². The SMILES string of the molecule is CCn1ncc(Cn2cc(NC(=O)c3ccc(COc4ccc(C(C)(C)c5ccccc5)cc4)o3)cn2)c1C. The number of carbonyl (C=O) groups is 1. The van der Waals surface area contributed by atoms with Crippen LogP contribution in [-0.2, 0) is 25.1 Å². The lowest BCUT2D eigenvalue weighted by Crippen LogP contribution is -2.18. The molecular formula is C31H33N5O3. The Morgan fingerprint density at radius 3 is 2.44 bits per heavy atom. The van der Waals surface area contributed by atoms with E-state index in [0.717, 1.165) is 23.6 Å². The van der Waals surface area contributed by atoms with Crippen LogP contribution in [0.2, 0.25) is 0 Å². The standard InChI is InChI=1S/C31H33N5O3/c1-5-36-22(2)23(17-33-36)19-35-20-26(18-32-35)34-30(37)29-16-15-28(39-29)21-38-27-13-11-25(12-14-27)31(3,4)24-9-7-6-8-10-24/h6-18,20H,5,19,21H2,1-4H3,(H,34,37). The number of amides is 1. The van der Waals surface area contributed by atoms with Crippen LogP contribution in [-0.4, -0.2) is 25.5 Å². The number of ether oxygens (including phenoxy) is 1. The Bertz CT molecular complexity index is 1540. The van der Waals surface area contributed by atoms with Gasteiger partial charge in [0.1, 0.15) is 18.1 Å². The average molecular weight is 524 g/mol. The maximum atomic E-state index is 12.7. The largest absolute Gasteiger partial charge is 0.486 e. The van der Waals surface area contributed by atoms with Gasteiger partial charge in [-0.05, 0) is 49.2 Å². The van der Waals surface area contributed by atoms with Crippen LogP contribution in [0.15, 0.2) is 89.7 Å². The first kappa shape index (κ1) is 26.0. The summed E-state index contributed by atoms with van der Waals surface area (Å²) in [4.78, 5) is 12.7. The van der Waals surface area contributed by atoms with Crippen LogP contribution in [0, 0.1) is 6.92 Å². The highest BCUT2D eigenvalue weighted by atomic mass is 16.5. The molecule has 0 radical (unpaired) electrons. The number of rotatable bonds is 10. The molecule has 3 heterocycles. The highest BCUT2D eigenvalue weighted by Gasteiger charge is 2.22. The van der Waals surface area contributed by atoms with E-state index in [1.807, 2.05) is 36.0 Å². The zero-order valence-corrected chi connectivity index (χ0v) is 22.7. The van der Waals surface area contributed by atoms with Crippen molar-refractivity contribution < 1.29 is 13.9 Å². The highest BCUT2D eigenvalue weighted by Crippen LogP contribution is 2.32. The summed E-state index contributed by atoms with van der Waals surface area (Å²) in [7, 11) is 0. The zero-order valence-electron chi connectivity index (χ0n) is 22.7. The van der Waals surface area contributed by atoms with Crippen LogP contribution in [0.4, 0.5) is 5.69 Å². The Balaban J connectivity index is 1.15. The number of hydrogen-bond donors (Lipinski definition) is 1. The van der Waals surface area contributed by atoms with Crippen molar-refractivity contribution in [2.75, 3.05) is 5.32 Å². The predicted molar refractivity (Wildman–Crippen MR) is 150 cm³/mol.